The van der Waals surface area contributed by atoms with Gasteiger partial charge in [-0.15, -0.1) is 6.42 Å². The van der Waals surface area contributed by atoms with E-state index in [-0.39, 0.29) is 33.3 Å². The fraction of sp³-hybridized carbons (Fsp3) is 0.517. The minimum Gasteiger partial charge on any atom is -0.317 e. The molecule has 8 heteroatoms. The lowest BCUT2D eigenvalue weighted by Gasteiger charge is -2.49. The molecule has 1 N–H and O–H groups in total. The molecule has 1 aromatic carbocycles. The van der Waals surface area contributed by atoms with Gasteiger partial charge in [-0.25, -0.2) is 13.2 Å². The zero-order valence-corrected chi connectivity index (χ0v) is 22.8. The summed E-state index contributed by atoms with van der Waals surface area (Å²) in [5, 5.41) is 13.4. The number of urea groups is 1. The van der Waals surface area contributed by atoms with Crippen LogP contribution in [-0.2, 0) is 15.4 Å². The zero-order valence-electron chi connectivity index (χ0n) is 22.0. The average molecular weight is 521 g/mol. The number of carbonyl (C=O) groups excluding carboxylic acids is 1. The van der Waals surface area contributed by atoms with E-state index in [0.717, 1.165) is 44.8 Å². The second kappa shape index (κ2) is 10.4. The van der Waals surface area contributed by atoms with Crippen LogP contribution in [0.25, 0.3) is 0 Å². The summed E-state index contributed by atoms with van der Waals surface area (Å²) < 4.78 is 24.0. The summed E-state index contributed by atoms with van der Waals surface area (Å²) in [6, 6.07) is 12.3. The minimum atomic E-state index is -3.49. The van der Waals surface area contributed by atoms with Crippen molar-refractivity contribution in [1.29, 1.82) is 5.26 Å². The van der Waals surface area contributed by atoms with Crippen molar-refractivity contribution < 1.29 is 13.2 Å². The van der Waals surface area contributed by atoms with Crippen LogP contribution in [0.2, 0.25) is 0 Å². The van der Waals surface area contributed by atoms with Crippen LogP contribution in [0.15, 0.2) is 52.6 Å². The van der Waals surface area contributed by atoms with E-state index in [9.17, 15) is 18.5 Å². The highest BCUT2D eigenvalue weighted by atomic mass is 32.2. The van der Waals surface area contributed by atoms with E-state index in [1.807, 2.05) is 24.1 Å². The Bertz CT molecular complexity index is 1290. The van der Waals surface area contributed by atoms with E-state index in [4.69, 9.17) is 6.42 Å². The number of benzene rings is 1. The largest absolute Gasteiger partial charge is 0.325 e. The van der Waals surface area contributed by atoms with E-state index in [0.29, 0.717) is 19.0 Å². The summed E-state index contributed by atoms with van der Waals surface area (Å²) in [6.45, 7) is 2.51. The molecule has 0 bridgehead atoms. The van der Waals surface area contributed by atoms with Crippen LogP contribution in [0.1, 0.15) is 57.4 Å². The van der Waals surface area contributed by atoms with Gasteiger partial charge in [-0.2, -0.15) is 5.26 Å². The molecule has 0 aromatic heterocycles. The number of nitrogens with zero attached hydrogens (tertiary/aromatic N) is 3. The number of carbonyl (C=O) groups is 1. The normalized spacial score (nSPS) is 27.5. The molecule has 0 unspecified atom stereocenters. The maximum absolute atomic E-state index is 13.9. The molecule has 7 nitrogen and oxygen atoms in total. The standard InChI is InChI=1S/C29H36N4O3S/c1-5-26(24(19-30)18-22(2)37(4,35)36)32-21-28(33(27(32)34)20-23-10-9-11-23)14-16-29(31-3,17-15-28)25-12-7-6-8-13-25/h1,6-8,12-13,18,23,31H,9-11,14-17,20-21H2,2-4H3/b22-18+,26-24-/t28-,29+. The molecule has 2 saturated carbocycles. The van der Waals surface area contributed by atoms with E-state index < -0.39 is 9.84 Å². The van der Waals surface area contributed by atoms with Crippen molar-refractivity contribution in [3.63, 3.8) is 0 Å². The molecular formula is C29H36N4O3S. The molecule has 3 aliphatic rings. The maximum Gasteiger partial charge on any atom is 0.325 e. The first kappa shape index (κ1) is 27.0. The van der Waals surface area contributed by atoms with Gasteiger partial charge in [-0.3, -0.25) is 4.90 Å². The Hall–Kier alpha value is -3.07. The van der Waals surface area contributed by atoms with E-state index in [1.165, 1.54) is 29.9 Å². The van der Waals surface area contributed by atoms with Gasteiger partial charge in [0.25, 0.3) is 0 Å². The summed E-state index contributed by atoms with van der Waals surface area (Å²) in [7, 11) is -1.49. The van der Waals surface area contributed by atoms with Crippen LogP contribution in [0, 0.1) is 29.6 Å². The van der Waals surface area contributed by atoms with Crippen LogP contribution >= 0.6 is 0 Å². The summed E-state index contributed by atoms with van der Waals surface area (Å²) >= 11 is 0. The fourth-order valence-electron chi connectivity index (χ4n) is 5.95. The van der Waals surface area contributed by atoms with Crippen molar-refractivity contribution in [3.8, 4) is 18.4 Å². The van der Waals surface area contributed by atoms with Crippen molar-refractivity contribution in [2.24, 2.45) is 5.92 Å². The van der Waals surface area contributed by atoms with Gasteiger partial charge in [0.1, 0.15) is 11.8 Å². The van der Waals surface area contributed by atoms with Gasteiger partial charge in [0.05, 0.1) is 17.7 Å². The number of terminal acetylenes is 1. The van der Waals surface area contributed by atoms with Gasteiger partial charge in [0.2, 0.25) is 0 Å². The Balaban J connectivity index is 1.70. The number of hydrogen-bond acceptors (Lipinski definition) is 5. The molecule has 0 radical (unpaired) electrons. The SMILES string of the molecule is C#C/C(=C(C#N)\C=C(/C)S(C)(=O)=O)N1C[C@]2(CC[C@@](NC)(c3ccccc3)CC2)N(CC2CCC2)C1=O. The molecule has 0 atom stereocenters. The second-order valence-electron chi connectivity index (χ2n) is 10.7. The molecule has 1 saturated heterocycles. The Labute approximate surface area is 221 Å². The fourth-order valence-corrected chi connectivity index (χ4v) is 6.28. The summed E-state index contributed by atoms with van der Waals surface area (Å²) in [6.07, 6.45) is 15.0. The van der Waals surface area contributed by atoms with Gasteiger partial charge in [0.15, 0.2) is 9.84 Å². The van der Waals surface area contributed by atoms with Crippen LogP contribution < -0.4 is 5.32 Å². The van der Waals surface area contributed by atoms with Crippen molar-refractivity contribution in [2.45, 2.75) is 62.9 Å². The minimum absolute atomic E-state index is 0.0177. The predicted octanol–water partition coefficient (Wildman–Crippen LogP) is 4.31. The number of nitriles is 1. The predicted molar refractivity (Wildman–Crippen MR) is 145 cm³/mol. The average Bonchev–Trinajstić information content (AvgIpc) is 3.12. The van der Waals surface area contributed by atoms with Crippen LogP contribution in [0.5, 0.6) is 0 Å². The van der Waals surface area contributed by atoms with E-state index in [1.54, 1.807) is 0 Å². The molecule has 37 heavy (non-hydrogen) atoms. The summed E-state index contributed by atoms with van der Waals surface area (Å²) in [5.41, 5.74) is 0.850. The van der Waals surface area contributed by atoms with Gasteiger partial charge in [0, 0.05) is 23.2 Å². The smallest absolute Gasteiger partial charge is 0.317 e. The molecule has 1 heterocycles. The number of sulfone groups is 1. The van der Waals surface area contributed by atoms with Crippen LogP contribution in [-0.4, -0.2) is 56.2 Å². The Morgan fingerprint density at radius 3 is 2.35 bits per heavy atom. The molecular weight excluding hydrogens is 484 g/mol. The van der Waals surface area contributed by atoms with E-state index >= 15 is 0 Å². The van der Waals surface area contributed by atoms with Crippen molar-refractivity contribution in [2.75, 3.05) is 26.4 Å². The first-order chi connectivity index (χ1) is 17.6. The molecule has 1 aliphatic heterocycles. The quantitative estimate of drug-likeness (QED) is 0.329. The number of rotatable bonds is 7. The lowest BCUT2D eigenvalue weighted by Crippen LogP contribution is -2.56. The highest BCUT2D eigenvalue weighted by Gasteiger charge is 2.55. The van der Waals surface area contributed by atoms with Gasteiger partial charge in [-0.1, -0.05) is 42.7 Å². The molecule has 4 rings (SSSR count). The maximum atomic E-state index is 13.9. The molecule has 2 amide bonds. The molecule has 2 aliphatic carbocycles. The third-order valence-corrected chi connectivity index (χ3v) is 9.99. The van der Waals surface area contributed by atoms with Crippen LogP contribution in [0.3, 0.4) is 0 Å². The molecule has 3 fully saturated rings. The Morgan fingerprint density at radius 2 is 1.86 bits per heavy atom. The number of hydrogen-bond donors (Lipinski definition) is 1. The summed E-state index contributed by atoms with van der Waals surface area (Å²) in [5.74, 6) is 3.02. The van der Waals surface area contributed by atoms with Gasteiger partial charge >= 0.3 is 6.03 Å². The first-order valence-corrected chi connectivity index (χ1v) is 14.8. The van der Waals surface area contributed by atoms with Gasteiger partial charge in [-0.05, 0) is 70.1 Å². The first-order valence-electron chi connectivity index (χ1n) is 12.9. The third kappa shape index (κ3) is 5.06. The van der Waals surface area contributed by atoms with Crippen molar-refractivity contribution in [1.82, 2.24) is 15.1 Å². The molecule has 196 valence electrons. The number of nitrogens with one attached hydrogen (secondary N) is 1. The highest BCUT2D eigenvalue weighted by Crippen LogP contribution is 2.48. The van der Waals surface area contributed by atoms with Crippen molar-refractivity contribution in [3.05, 3.63) is 58.1 Å². The number of amides is 2. The van der Waals surface area contributed by atoms with E-state index in [2.05, 4.69) is 35.5 Å². The zero-order chi connectivity index (χ0) is 26.8. The number of allylic oxidation sites excluding steroid dienone is 4. The van der Waals surface area contributed by atoms with Crippen LogP contribution in [0.4, 0.5) is 4.79 Å². The lowest BCUT2D eigenvalue weighted by molar-refractivity contribution is 0.0586. The molecule has 1 aromatic rings. The highest BCUT2D eigenvalue weighted by molar-refractivity contribution is 7.94. The third-order valence-electron chi connectivity index (χ3n) is 8.71. The Morgan fingerprint density at radius 1 is 1.22 bits per heavy atom. The van der Waals surface area contributed by atoms with Crippen molar-refractivity contribution >= 4 is 15.9 Å². The lowest BCUT2D eigenvalue weighted by atomic mass is 9.68. The molecule has 1 spiro atoms. The second-order valence-corrected chi connectivity index (χ2v) is 12.9. The van der Waals surface area contributed by atoms with Gasteiger partial charge < -0.3 is 10.2 Å². The summed E-state index contributed by atoms with van der Waals surface area (Å²) in [4.78, 5) is 17.5. The topological polar surface area (TPSA) is 93.5 Å². The Kier molecular flexibility index (Phi) is 7.55. The monoisotopic (exact) mass is 520 g/mol.